The molecule has 5 nitrogen and oxygen atoms in total. The maximum atomic E-state index is 11.8. The van der Waals surface area contributed by atoms with Gasteiger partial charge in [0.25, 0.3) is 0 Å². The van der Waals surface area contributed by atoms with Crippen molar-refractivity contribution in [3.05, 3.63) is 68.8 Å². The molecule has 1 heterocycles. The van der Waals surface area contributed by atoms with Crippen LogP contribution in [0.1, 0.15) is 93.5 Å². The van der Waals surface area contributed by atoms with E-state index in [0.29, 0.717) is 19.5 Å². The lowest BCUT2D eigenvalue weighted by Crippen LogP contribution is -3.00. The summed E-state index contributed by atoms with van der Waals surface area (Å²) in [6, 6.07) is 9.08. The number of carbonyl (C=O) groups excluding carboxylic acids is 1. The first-order valence-corrected chi connectivity index (χ1v) is 13.6. The molecule has 6 heteroatoms. The lowest BCUT2D eigenvalue weighted by atomic mass is 9.83. The second-order valence-electron chi connectivity index (χ2n) is 12.5. The highest BCUT2D eigenvalue weighted by molar-refractivity contribution is 5.80. The largest absolute Gasteiger partial charge is 1.00 e. The molecule has 0 bridgehead atoms. The minimum absolute atomic E-state index is 0. The van der Waals surface area contributed by atoms with Crippen molar-refractivity contribution < 1.29 is 22.2 Å². The Morgan fingerprint density at radius 1 is 0.872 bits per heavy atom. The van der Waals surface area contributed by atoms with Crippen molar-refractivity contribution in [2.75, 3.05) is 26.2 Å². The molecule has 2 aromatic rings. The minimum Gasteiger partial charge on any atom is -1.00 e. The van der Waals surface area contributed by atoms with Crippen LogP contribution in [-0.4, -0.2) is 37.9 Å². The fourth-order valence-electron chi connectivity index (χ4n) is 4.64. The molecule has 0 saturated carbocycles. The number of halogens is 1. The molecule has 0 atom stereocenters. The Morgan fingerprint density at radius 3 is 1.67 bits per heavy atom. The van der Waals surface area contributed by atoms with Crippen LogP contribution in [0.4, 0.5) is 0 Å². The number of nitrogens with one attached hydrogen (secondary N) is 3. The van der Waals surface area contributed by atoms with Crippen LogP contribution < -0.4 is 33.8 Å². The second kappa shape index (κ2) is 15.4. The Labute approximate surface area is 245 Å². The first-order chi connectivity index (χ1) is 17.1. The van der Waals surface area contributed by atoms with E-state index in [2.05, 4.69) is 109 Å². The van der Waals surface area contributed by atoms with E-state index < -0.39 is 0 Å². The summed E-state index contributed by atoms with van der Waals surface area (Å²) in [7, 11) is 0. The number of amidine groups is 1. The SMILES string of the molecule is C.Cc1cc(C(C)(C)C)cc(C)c1CC(=O)NCCN.Cc1cc(C(C)(C)C)cc(C)c1CC1=[NH+]CCN1.[Cl-]. The van der Waals surface area contributed by atoms with Gasteiger partial charge in [0.1, 0.15) is 13.1 Å². The van der Waals surface area contributed by atoms with Gasteiger partial charge in [-0.3, -0.25) is 15.1 Å². The number of aryl methyl sites for hydroxylation is 4. The maximum absolute atomic E-state index is 11.8. The molecular formula is C33H55ClN4O. The van der Waals surface area contributed by atoms with E-state index in [1.54, 1.807) is 0 Å². The van der Waals surface area contributed by atoms with Gasteiger partial charge in [0, 0.05) is 13.1 Å². The molecule has 0 saturated heterocycles. The van der Waals surface area contributed by atoms with Gasteiger partial charge in [0.2, 0.25) is 11.7 Å². The van der Waals surface area contributed by atoms with E-state index in [4.69, 9.17) is 5.73 Å². The van der Waals surface area contributed by atoms with Crippen molar-refractivity contribution in [2.45, 2.75) is 100 Å². The van der Waals surface area contributed by atoms with Crippen LogP contribution in [0.5, 0.6) is 0 Å². The van der Waals surface area contributed by atoms with Crippen LogP contribution in [0.2, 0.25) is 0 Å². The molecule has 1 aliphatic heterocycles. The van der Waals surface area contributed by atoms with Gasteiger partial charge in [-0.25, -0.2) is 0 Å². The van der Waals surface area contributed by atoms with E-state index in [1.807, 2.05) is 0 Å². The average Bonchev–Trinajstić information content (AvgIpc) is 3.29. The predicted octanol–water partition coefficient (Wildman–Crippen LogP) is 1.08. The molecule has 1 aliphatic rings. The average molecular weight is 559 g/mol. The van der Waals surface area contributed by atoms with E-state index in [0.717, 1.165) is 25.1 Å². The highest BCUT2D eigenvalue weighted by Gasteiger charge is 2.20. The molecular weight excluding hydrogens is 504 g/mol. The second-order valence-corrected chi connectivity index (χ2v) is 12.5. The van der Waals surface area contributed by atoms with Gasteiger partial charge < -0.3 is 23.5 Å². The highest BCUT2D eigenvalue weighted by atomic mass is 35.5. The number of rotatable bonds is 6. The van der Waals surface area contributed by atoms with Crippen LogP contribution in [0.3, 0.4) is 0 Å². The summed E-state index contributed by atoms with van der Waals surface area (Å²) in [4.78, 5) is 15.2. The zero-order chi connectivity index (χ0) is 28.0. The zero-order valence-electron chi connectivity index (χ0n) is 25.4. The van der Waals surface area contributed by atoms with Crippen molar-refractivity contribution in [1.29, 1.82) is 0 Å². The monoisotopic (exact) mass is 558 g/mol. The lowest BCUT2D eigenvalue weighted by Gasteiger charge is -2.22. The first-order valence-electron chi connectivity index (χ1n) is 13.6. The third-order valence-electron chi connectivity index (χ3n) is 7.08. The summed E-state index contributed by atoms with van der Waals surface area (Å²) in [5.74, 6) is 1.31. The van der Waals surface area contributed by atoms with Crippen molar-refractivity contribution in [3.63, 3.8) is 0 Å². The van der Waals surface area contributed by atoms with E-state index in [1.165, 1.54) is 44.8 Å². The third kappa shape index (κ3) is 11.0. The van der Waals surface area contributed by atoms with Gasteiger partial charge in [-0.15, -0.1) is 0 Å². The topological polar surface area (TPSA) is 81.1 Å². The Balaban J connectivity index is 0.000000705. The van der Waals surface area contributed by atoms with E-state index in [9.17, 15) is 4.79 Å². The summed E-state index contributed by atoms with van der Waals surface area (Å²) in [5.41, 5.74) is 16.3. The summed E-state index contributed by atoms with van der Waals surface area (Å²) >= 11 is 0. The maximum Gasteiger partial charge on any atom is 0.247 e. The lowest BCUT2D eigenvalue weighted by molar-refractivity contribution is -0.445. The van der Waals surface area contributed by atoms with Crippen LogP contribution in [0.25, 0.3) is 0 Å². The van der Waals surface area contributed by atoms with E-state index in [-0.39, 0.29) is 36.6 Å². The molecule has 39 heavy (non-hydrogen) atoms. The van der Waals surface area contributed by atoms with Gasteiger partial charge in [0.05, 0.1) is 12.8 Å². The summed E-state index contributed by atoms with van der Waals surface area (Å²) in [6.07, 6.45) is 1.43. The summed E-state index contributed by atoms with van der Waals surface area (Å²) < 4.78 is 0. The van der Waals surface area contributed by atoms with Crippen molar-refractivity contribution >= 4 is 11.7 Å². The smallest absolute Gasteiger partial charge is 0.247 e. The van der Waals surface area contributed by atoms with Gasteiger partial charge in [-0.2, -0.15) is 0 Å². The predicted molar refractivity (Wildman–Crippen MR) is 164 cm³/mol. The van der Waals surface area contributed by atoms with Crippen molar-refractivity contribution in [2.24, 2.45) is 5.73 Å². The molecule has 0 radical (unpaired) electrons. The molecule has 3 rings (SSSR count). The quantitative estimate of drug-likeness (QED) is 0.428. The Bertz CT molecular complexity index is 1080. The molecule has 0 fully saturated rings. The van der Waals surface area contributed by atoms with Gasteiger partial charge in [-0.1, -0.05) is 73.2 Å². The summed E-state index contributed by atoms with van der Waals surface area (Å²) in [6.45, 7) is 25.2. The van der Waals surface area contributed by atoms with Crippen molar-refractivity contribution in [1.82, 2.24) is 10.6 Å². The highest BCUT2D eigenvalue weighted by Crippen LogP contribution is 2.28. The normalized spacial score (nSPS) is 12.7. The van der Waals surface area contributed by atoms with E-state index >= 15 is 0 Å². The van der Waals surface area contributed by atoms with Gasteiger partial charge in [0.15, 0.2) is 0 Å². The number of hydrogen-bond donors (Lipinski definition) is 4. The molecule has 1 amide bonds. The number of carbonyl (C=O) groups is 1. The van der Waals surface area contributed by atoms with Crippen LogP contribution in [0, 0.1) is 27.7 Å². The Kier molecular flexibility index (Phi) is 14.5. The van der Waals surface area contributed by atoms with Crippen LogP contribution in [-0.2, 0) is 28.5 Å². The standard InChI is InChI=1S/C16H26N2O.C16H24N2.CH4.ClH/c1-11-8-13(16(3,4)5)9-12(2)14(11)10-15(19)18-7-6-17;1-11-8-13(16(3,4)5)9-12(2)14(11)10-15-17-6-7-18-15;;/h8-9H,6-7,10,17H2,1-5H3,(H,18,19);8-9H,6-7,10H2,1-5H3,(H,17,18);1H4;1H. The zero-order valence-corrected chi connectivity index (χ0v) is 26.2. The van der Waals surface area contributed by atoms with Crippen LogP contribution >= 0.6 is 0 Å². The van der Waals surface area contributed by atoms with Gasteiger partial charge in [-0.05, 0) is 83.0 Å². The number of benzene rings is 2. The first kappa shape index (κ1) is 36.6. The molecule has 0 unspecified atom stereocenters. The number of amides is 1. The minimum atomic E-state index is 0. The Hall–Kier alpha value is -2.37. The molecule has 220 valence electrons. The molecule has 2 aromatic carbocycles. The summed E-state index contributed by atoms with van der Waals surface area (Å²) in [5, 5.41) is 6.23. The van der Waals surface area contributed by atoms with Crippen molar-refractivity contribution in [3.8, 4) is 0 Å². The van der Waals surface area contributed by atoms with Gasteiger partial charge >= 0.3 is 0 Å². The fourth-order valence-corrected chi connectivity index (χ4v) is 4.64. The van der Waals surface area contributed by atoms with Crippen LogP contribution in [0.15, 0.2) is 24.3 Å². The molecule has 5 N–H and O–H groups in total. The third-order valence-corrected chi connectivity index (χ3v) is 7.08. The molecule has 0 aromatic heterocycles. The fraction of sp³-hybridized carbons (Fsp3) is 0.576. The Morgan fingerprint density at radius 2 is 1.31 bits per heavy atom. The number of nitrogens with two attached hydrogens (primary N) is 1. The molecule has 0 aliphatic carbocycles. The number of hydrogen-bond acceptors (Lipinski definition) is 3. The molecule has 0 spiro atoms.